The predicted octanol–water partition coefficient (Wildman–Crippen LogP) is 7.06. The standard InChI is InChI=1S/C32H33NO5/c1-21-27(33-30(37-21)24-15-13-23(14-16-24)22-9-5-4-6-10-22)19-20-36-28-17-18-29(38-32(2,3)31(34)35)26-12-8-7-11-25(26)28/h4-6,9-10,13-18H,7-8,11-12,19-20H2,1-3H3,(H,34,35). The number of carboxylic acids is 1. The molecule has 38 heavy (non-hydrogen) atoms. The Morgan fingerprint density at radius 1 is 0.895 bits per heavy atom. The van der Waals surface area contributed by atoms with Crippen LogP contribution in [0.2, 0.25) is 0 Å². The van der Waals surface area contributed by atoms with Gasteiger partial charge in [0.1, 0.15) is 17.3 Å². The minimum atomic E-state index is -1.29. The third kappa shape index (κ3) is 5.44. The molecule has 5 rings (SSSR count). The molecule has 0 radical (unpaired) electrons. The number of carboxylic acid groups (broad SMARTS) is 1. The monoisotopic (exact) mass is 511 g/mol. The van der Waals surface area contributed by atoms with Crippen LogP contribution >= 0.6 is 0 Å². The van der Waals surface area contributed by atoms with Crippen molar-refractivity contribution in [3.8, 4) is 34.1 Å². The molecule has 0 saturated heterocycles. The van der Waals surface area contributed by atoms with Crippen LogP contribution in [0.4, 0.5) is 0 Å². The molecule has 0 saturated carbocycles. The first kappa shape index (κ1) is 25.6. The quantitative estimate of drug-likeness (QED) is 0.259. The minimum Gasteiger partial charge on any atom is -0.493 e. The summed E-state index contributed by atoms with van der Waals surface area (Å²) in [7, 11) is 0. The van der Waals surface area contributed by atoms with E-state index in [9.17, 15) is 9.90 Å². The molecule has 0 aliphatic heterocycles. The van der Waals surface area contributed by atoms with Gasteiger partial charge in [0.25, 0.3) is 0 Å². The van der Waals surface area contributed by atoms with Gasteiger partial charge in [0, 0.05) is 23.1 Å². The maximum atomic E-state index is 11.6. The molecule has 4 aromatic rings. The van der Waals surface area contributed by atoms with Crippen LogP contribution in [-0.4, -0.2) is 28.3 Å². The molecular formula is C32H33NO5. The van der Waals surface area contributed by atoms with Crippen molar-refractivity contribution < 1.29 is 23.8 Å². The Kier molecular flexibility index (Phi) is 7.23. The second-order valence-corrected chi connectivity index (χ2v) is 10.2. The highest BCUT2D eigenvalue weighted by Crippen LogP contribution is 2.38. The van der Waals surface area contributed by atoms with Crippen molar-refractivity contribution in [1.82, 2.24) is 4.98 Å². The molecule has 0 unspecified atom stereocenters. The number of benzene rings is 3. The van der Waals surface area contributed by atoms with E-state index in [1.807, 2.05) is 49.4 Å². The van der Waals surface area contributed by atoms with E-state index < -0.39 is 11.6 Å². The molecule has 1 heterocycles. The van der Waals surface area contributed by atoms with Gasteiger partial charge in [0.05, 0.1) is 12.3 Å². The largest absolute Gasteiger partial charge is 0.493 e. The summed E-state index contributed by atoms with van der Waals surface area (Å²) in [6.07, 6.45) is 4.49. The number of fused-ring (bicyclic) bond motifs is 1. The molecule has 3 aromatic carbocycles. The fraction of sp³-hybridized carbons (Fsp3) is 0.312. The average molecular weight is 512 g/mol. The van der Waals surface area contributed by atoms with Gasteiger partial charge in [0.2, 0.25) is 5.89 Å². The Bertz CT molecular complexity index is 1420. The van der Waals surface area contributed by atoms with Gasteiger partial charge in [-0.15, -0.1) is 0 Å². The smallest absolute Gasteiger partial charge is 0.347 e. The summed E-state index contributed by atoms with van der Waals surface area (Å²) in [5.74, 6) is 1.87. The number of rotatable bonds is 9. The normalized spacial score (nSPS) is 13.1. The molecule has 0 amide bonds. The molecule has 196 valence electrons. The van der Waals surface area contributed by atoms with E-state index in [-0.39, 0.29) is 0 Å². The first-order valence-corrected chi connectivity index (χ1v) is 13.1. The van der Waals surface area contributed by atoms with Gasteiger partial charge in [0.15, 0.2) is 5.60 Å². The van der Waals surface area contributed by atoms with Gasteiger partial charge in [-0.1, -0.05) is 42.5 Å². The van der Waals surface area contributed by atoms with Crippen LogP contribution in [0.3, 0.4) is 0 Å². The van der Waals surface area contributed by atoms with Gasteiger partial charge in [-0.2, -0.15) is 0 Å². The second kappa shape index (κ2) is 10.7. The summed E-state index contributed by atoms with van der Waals surface area (Å²) in [6, 6.07) is 22.2. The molecule has 6 heteroatoms. The summed E-state index contributed by atoms with van der Waals surface area (Å²) in [5, 5.41) is 9.48. The first-order valence-electron chi connectivity index (χ1n) is 13.1. The molecule has 1 aromatic heterocycles. The summed E-state index contributed by atoms with van der Waals surface area (Å²) in [6.45, 7) is 5.54. The summed E-state index contributed by atoms with van der Waals surface area (Å²) in [4.78, 5) is 16.3. The molecule has 0 bridgehead atoms. The number of aromatic nitrogens is 1. The van der Waals surface area contributed by atoms with Crippen LogP contribution in [0.25, 0.3) is 22.6 Å². The van der Waals surface area contributed by atoms with Crippen molar-refractivity contribution in [2.45, 2.75) is 58.5 Å². The Balaban J connectivity index is 1.26. The maximum Gasteiger partial charge on any atom is 0.347 e. The zero-order chi connectivity index (χ0) is 26.7. The highest BCUT2D eigenvalue weighted by atomic mass is 16.5. The van der Waals surface area contributed by atoms with Gasteiger partial charge in [-0.25, -0.2) is 9.78 Å². The summed E-state index contributed by atoms with van der Waals surface area (Å²) < 4.78 is 18.1. The van der Waals surface area contributed by atoms with Gasteiger partial charge >= 0.3 is 5.97 Å². The van der Waals surface area contributed by atoms with Crippen LogP contribution in [0, 0.1) is 6.92 Å². The Hall–Kier alpha value is -4.06. The fourth-order valence-corrected chi connectivity index (χ4v) is 4.83. The Labute approximate surface area is 223 Å². The number of ether oxygens (including phenoxy) is 2. The lowest BCUT2D eigenvalue weighted by Crippen LogP contribution is -2.38. The summed E-state index contributed by atoms with van der Waals surface area (Å²) in [5.41, 5.74) is 5.02. The molecule has 0 atom stereocenters. The van der Waals surface area contributed by atoms with Gasteiger partial charge in [-0.05, 0) is 81.8 Å². The number of nitrogens with zero attached hydrogens (tertiary/aromatic N) is 1. The molecule has 1 aliphatic carbocycles. The molecule has 6 nitrogen and oxygen atoms in total. The van der Waals surface area contributed by atoms with E-state index >= 15 is 0 Å². The fourth-order valence-electron chi connectivity index (χ4n) is 4.83. The maximum absolute atomic E-state index is 11.6. The van der Waals surface area contributed by atoms with Crippen LogP contribution in [0.1, 0.15) is 49.3 Å². The number of aryl methyl sites for hydroxylation is 1. The van der Waals surface area contributed by atoms with Gasteiger partial charge < -0.3 is 19.0 Å². The second-order valence-electron chi connectivity index (χ2n) is 10.2. The van der Waals surface area contributed by atoms with Crippen molar-refractivity contribution in [2.24, 2.45) is 0 Å². The summed E-state index contributed by atoms with van der Waals surface area (Å²) >= 11 is 0. The number of hydrogen-bond donors (Lipinski definition) is 1. The van der Waals surface area contributed by atoms with E-state index in [0.717, 1.165) is 65.1 Å². The van der Waals surface area contributed by atoms with Crippen molar-refractivity contribution >= 4 is 5.97 Å². The zero-order valence-electron chi connectivity index (χ0n) is 22.1. The molecule has 0 fully saturated rings. The first-order chi connectivity index (χ1) is 18.3. The van der Waals surface area contributed by atoms with Crippen molar-refractivity contribution in [2.75, 3.05) is 6.61 Å². The van der Waals surface area contributed by atoms with E-state index in [1.165, 1.54) is 5.56 Å². The Morgan fingerprint density at radius 3 is 2.18 bits per heavy atom. The van der Waals surface area contributed by atoms with Crippen molar-refractivity contribution in [3.05, 3.63) is 89.3 Å². The average Bonchev–Trinajstić information content (AvgIpc) is 3.30. The molecular weight excluding hydrogens is 478 g/mol. The molecule has 1 N–H and O–H groups in total. The third-order valence-corrected chi connectivity index (χ3v) is 7.06. The zero-order valence-corrected chi connectivity index (χ0v) is 22.1. The molecule has 1 aliphatic rings. The van der Waals surface area contributed by atoms with Gasteiger partial charge in [-0.3, -0.25) is 0 Å². The number of oxazole rings is 1. The lowest BCUT2D eigenvalue weighted by molar-refractivity contribution is -0.152. The number of carbonyl (C=O) groups is 1. The SMILES string of the molecule is Cc1oc(-c2ccc(-c3ccccc3)cc2)nc1CCOc1ccc(OC(C)(C)C(=O)O)c2c1CCCC2. The van der Waals surface area contributed by atoms with E-state index in [2.05, 4.69) is 24.3 Å². The molecule has 0 spiro atoms. The van der Waals surface area contributed by atoms with Crippen molar-refractivity contribution in [3.63, 3.8) is 0 Å². The number of aliphatic carboxylic acids is 1. The minimum absolute atomic E-state index is 0.465. The lowest BCUT2D eigenvalue weighted by atomic mass is 9.90. The van der Waals surface area contributed by atoms with Crippen LogP contribution in [0.15, 0.2) is 71.1 Å². The highest BCUT2D eigenvalue weighted by molar-refractivity contribution is 5.77. The van der Waals surface area contributed by atoms with E-state index in [1.54, 1.807) is 13.8 Å². The van der Waals surface area contributed by atoms with Crippen molar-refractivity contribution in [1.29, 1.82) is 0 Å². The highest BCUT2D eigenvalue weighted by Gasteiger charge is 2.31. The van der Waals surface area contributed by atoms with Crippen LogP contribution in [-0.2, 0) is 24.1 Å². The van der Waals surface area contributed by atoms with E-state index in [4.69, 9.17) is 18.9 Å². The Morgan fingerprint density at radius 2 is 1.50 bits per heavy atom. The van der Waals surface area contributed by atoms with Crippen LogP contribution in [0.5, 0.6) is 11.5 Å². The number of hydrogen-bond acceptors (Lipinski definition) is 5. The van der Waals surface area contributed by atoms with Crippen LogP contribution < -0.4 is 9.47 Å². The topological polar surface area (TPSA) is 81.8 Å². The lowest BCUT2D eigenvalue weighted by Gasteiger charge is -2.27. The van der Waals surface area contributed by atoms with E-state index in [0.29, 0.717) is 24.7 Å². The predicted molar refractivity (Wildman–Crippen MR) is 147 cm³/mol. The third-order valence-electron chi connectivity index (χ3n) is 7.06.